The van der Waals surface area contributed by atoms with Gasteiger partial charge in [0.2, 0.25) is 5.91 Å². The minimum absolute atomic E-state index is 0.0207. The molecular formula is C15H21NO3S. The predicted octanol–water partition coefficient (Wildman–Crippen LogP) is 3.17. The van der Waals surface area contributed by atoms with E-state index >= 15 is 0 Å². The number of rotatable bonds is 5. The van der Waals surface area contributed by atoms with Crippen molar-refractivity contribution in [3.63, 3.8) is 0 Å². The summed E-state index contributed by atoms with van der Waals surface area (Å²) >= 11 is 1.67. The topological polar surface area (TPSA) is 47.6 Å². The Kier molecular flexibility index (Phi) is 5.17. The largest absolute Gasteiger partial charge is 0.486 e. The molecule has 0 aromatic heterocycles. The molecule has 1 N–H and O–H groups in total. The van der Waals surface area contributed by atoms with Gasteiger partial charge in [0.15, 0.2) is 11.5 Å². The van der Waals surface area contributed by atoms with Gasteiger partial charge in [0.05, 0.1) is 5.25 Å². The van der Waals surface area contributed by atoms with Crippen LogP contribution in [-0.4, -0.2) is 30.1 Å². The fourth-order valence-electron chi connectivity index (χ4n) is 1.78. The second kappa shape index (κ2) is 6.88. The second-order valence-electron chi connectivity index (χ2n) is 5.22. The highest BCUT2D eigenvalue weighted by Gasteiger charge is 2.16. The Morgan fingerprint density at radius 1 is 1.25 bits per heavy atom. The van der Waals surface area contributed by atoms with Gasteiger partial charge in [0.25, 0.3) is 0 Å². The van der Waals surface area contributed by atoms with Crippen LogP contribution in [0, 0.1) is 5.92 Å². The molecule has 2 rings (SSSR count). The number of fused-ring (bicyclic) bond motifs is 1. The van der Waals surface area contributed by atoms with Crippen molar-refractivity contribution in [2.45, 2.75) is 26.0 Å². The zero-order valence-electron chi connectivity index (χ0n) is 12.1. The van der Waals surface area contributed by atoms with Crippen molar-refractivity contribution in [1.29, 1.82) is 0 Å². The number of carbonyl (C=O) groups is 1. The summed E-state index contributed by atoms with van der Waals surface area (Å²) in [5, 5.41) is 2.86. The van der Waals surface area contributed by atoms with Gasteiger partial charge in [0, 0.05) is 11.8 Å². The summed E-state index contributed by atoms with van der Waals surface area (Å²) in [6.07, 6.45) is 0. The summed E-state index contributed by atoms with van der Waals surface area (Å²) < 4.78 is 11.0. The molecular weight excluding hydrogens is 274 g/mol. The molecule has 0 aliphatic carbocycles. The van der Waals surface area contributed by atoms with Crippen molar-refractivity contribution in [2.24, 2.45) is 5.92 Å². The summed E-state index contributed by atoms with van der Waals surface area (Å²) in [7, 11) is 0. The highest BCUT2D eigenvalue weighted by atomic mass is 32.2. The van der Waals surface area contributed by atoms with Gasteiger partial charge >= 0.3 is 0 Å². The quantitative estimate of drug-likeness (QED) is 0.906. The average Bonchev–Trinajstić information content (AvgIpc) is 2.44. The maximum atomic E-state index is 12.1. The number of ether oxygens (including phenoxy) is 2. The summed E-state index contributed by atoms with van der Waals surface area (Å²) in [6.45, 7) is 7.35. The van der Waals surface area contributed by atoms with Gasteiger partial charge in [-0.1, -0.05) is 13.8 Å². The van der Waals surface area contributed by atoms with Gasteiger partial charge < -0.3 is 14.8 Å². The molecule has 110 valence electrons. The molecule has 0 saturated carbocycles. The van der Waals surface area contributed by atoms with Gasteiger partial charge in [-0.3, -0.25) is 4.79 Å². The van der Waals surface area contributed by atoms with Crippen LogP contribution < -0.4 is 14.8 Å². The van der Waals surface area contributed by atoms with Crippen LogP contribution in [0.15, 0.2) is 18.2 Å². The monoisotopic (exact) mass is 295 g/mol. The van der Waals surface area contributed by atoms with Gasteiger partial charge in [-0.05, 0) is 30.7 Å². The van der Waals surface area contributed by atoms with E-state index in [2.05, 4.69) is 19.2 Å². The van der Waals surface area contributed by atoms with Crippen molar-refractivity contribution in [2.75, 3.05) is 24.3 Å². The summed E-state index contributed by atoms with van der Waals surface area (Å²) in [4.78, 5) is 12.1. The highest BCUT2D eigenvalue weighted by molar-refractivity contribution is 8.00. The molecule has 0 bridgehead atoms. The molecule has 0 fully saturated rings. The van der Waals surface area contributed by atoms with E-state index in [1.54, 1.807) is 11.8 Å². The lowest BCUT2D eigenvalue weighted by Gasteiger charge is -2.19. The molecule has 1 atom stereocenters. The van der Waals surface area contributed by atoms with Crippen LogP contribution in [0.25, 0.3) is 0 Å². The smallest absolute Gasteiger partial charge is 0.237 e. The molecule has 4 nitrogen and oxygen atoms in total. The van der Waals surface area contributed by atoms with Gasteiger partial charge in [-0.2, -0.15) is 0 Å². The van der Waals surface area contributed by atoms with E-state index < -0.39 is 0 Å². The third-order valence-electron chi connectivity index (χ3n) is 2.86. The molecule has 1 heterocycles. The summed E-state index contributed by atoms with van der Waals surface area (Å²) in [6, 6.07) is 5.48. The van der Waals surface area contributed by atoms with E-state index in [1.165, 1.54) is 0 Å². The van der Waals surface area contributed by atoms with Crippen LogP contribution >= 0.6 is 11.8 Å². The third-order valence-corrected chi connectivity index (χ3v) is 4.43. The van der Waals surface area contributed by atoms with Crippen LogP contribution in [0.1, 0.15) is 20.8 Å². The number of anilines is 1. The minimum Gasteiger partial charge on any atom is -0.486 e. The summed E-state index contributed by atoms with van der Waals surface area (Å²) in [5.41, 5.74) is 0.747. The first-order chi connectivity index (χ1) is 9.56. The van der Waals surface area contributed by atoms with Gasteiger partial charge in [-0.25, -0.2) is 0 Å². The van der Waals surface area contributed by atoms with Crippen LogP contribution in [-0.2, 0) is 4.79 Å². The lowest BCUT2D eigenvalue weighted by molar-refractivity contribution is -0.115. The maximum Gasteiger partial charge on any atom is 0.237 e. The third kappa shape index (κ3) is 4.07. The van der Waals surface area contributed by atoms with E-state index in [9.17, 15) is 4.79 Å². The van der Waals surface area contributed by atoms with Crippen LogP contribution in [0.4, 0.5) is 5.69 Å². The van der Waals surface area contributed by atoms with E-state index in [-0.39, 0.29) is 11.2 Å². The molecule has 1 amide bonds. The number of benzene rings is 1. The van der Waals surface area contributed by atoms with Crippen molar-refractivity contribution in [3.05, 3.63) is 18.2 Å². The molecule has 5 heteroatoms. The Hall–Kier alpha value is -1.36. The number of amides is 1. The SMILES string of the molecule is CC(C)CSC(C)C(=O)Nc1ccc2c(c1)OCCO2. The highest BCUT2D eigenvalue weighted by Crippen LogP contribution is 2.32. The minimum atomic E-state index is -0.0643. The molecule has 0 saturated heterocycles. The number of nitrogens with one attached hydrogen (secondary N) is 1. The van der Waals surface area contributed by atoms with Crippen molar-refractivity contribution in [3.8, 4) is 11.5 Å². The fraction of sp³-hybridized carbons (Fsp3) is 0.533. The molecule has 1 aliphatic heterocycles. The lowest BCUT2D eigenvalue weighted by Crippen LogP contribution is -2.23. The van der Waals surface area contributed by atoms with E-state index in [0.717, 1.165) is 17.2 Å². The normalized spacial score (nSPS) is 15.0. The molecule has 1 aliphatic rings. The van der Waals surface area contributed by atoms with Crippen molar-refractivity contribution in [1.82, 2.24) is 0 Å². The first-order valence-corrected chi connectivity index (χ1v) is 7.93. The molecule has 0 spiro atoms. The van der Waals surface area contributed by atoms with Crippen molar-refractivity contribution >= 4 is 23.4 Å². The summed E-state index contributed by atoms with van der Waals surface area (Å²) in [5.74, 6) is 3.01. The van der Waals surface area contributed by atoms with Crippen LogP contribution in [0.5, 0.6) is 11.5 Å². The standard InChI is InChI=1S/C15H21NO3S/c1-10(2)9-20-11(3)15(17)16-12-4-5-13-14(8-12)19-7-6-18-13/h4-5,8,10-11H,6-7,9H2,1-3H3,(H,16,17). The number of hydrogen-bond donors (Lipinski definition) is 1. The fourth-order valence-corrected chi connectivity index (χ4v) is 2.66. The molecule has 1 unspecified atom stereocenters. The zero-order valence-corrected chi connectivity index (χ0v) is 13.0. The Morgan fingerprint density at radius 2 is 1.95 bits per heavy atom. The first kappa shape index (κ1) is 15.0. The second-order valence-corrected chi connectivity index (χ2v) is 6.59. The van der Waals surface area contributed by atoms with Crippen LogP contribution in [0.2, 0.25) is 0 Å². The van der Waals surface area contributed by atoms with E-state index in [0.29, 0.717) is 24.9 Å². The zero-order chi connectivity index (χ0) is 14.5. The van der Waals surface area contributed by atoms with E-state index in [1.807, 2.05) is 25.1 Å². The molecule has 0 radical (unpaired) electrons. The lowest BCUT2D eigenvalue weighted by atomic mass is 10.2. The number of hydrogen-bond acceptors (Lipinski definition) is 4. The van der Waals surface area contributed by atoms with Crippen molar-refractivity contribution < 1.29 is 14.3 Å². The Morgan fingerprint density at radius 3 is 2.65 bits per heavy atom. The predicted molar refractivity (Wildman–Crippen MR) is 82.8 cm³/mol. The molecule has 1 aromatic carbocycles. The molecule has 1 aromatic rings. The molecule has 20 heavy (non-hydrogen) atoms. The van der Waals surface area contributed by atoms with Gasteiger partial charge in [0.1, 0.15) is 13.2 Å². The van der Waals surface area contributed by atoms with Gasteiger partial charge in [-0.15, -0.1) is 11.8 Å². The average molecular weight is 295 g/mol. The Labute approximate surface area is 124 Å². The first-order valence-electron chi connectivity index (χ1n) is 6.88. The Bertz CT molecular complexity index is 476. The Balaban J connectivity index is 1.94. The number of thioether (sulfide) groups is 1. The van der Waals surface area contributed by atoms with E-state index in [4.69, 9.17) is 9.47 Å². The number of carbonyl (C=O) groups excluding carboxylic acids is 1. The maximum absolute atomic E-state index is 12.1. The van der Waals surface area contributed by atoms with Crippen LogP contribution in [0.3, 0.4) is 0 Å².